The van der Waals surface area contributed by atoms with Gasteiger partial charge in [0, 0.05) is 45.2 Å². The highest BCUT2D eigenvalue weighted by atomic mass is 16.5. The van der Waals surface area contributed by atoms with Crippen LogP contribution in [0.3, 0.4) is 0 Å². The van der Waals surface area contributed by atoms with Crippen molar-refractivity contribution in [2.24, 2.45) is 0 Å². The zero-order chi connectivity index (χ0) is 17.6. The zero-order valence-corrected chi connectivity index (χ0v) is 14.3. The predicted octanol–water partition coefficient (Wildman–Crippen LogP) is 1.59. The van der Waals surface area contributed by atoms with E-state index >= 15 is 0 Å². The maximum atomic E-state index is 12.4. The summed E-state index contributed by atoms with van der Waals surface area (Å²) in [6.07, 6.45) is 3.43. The molecule has 134 valence electrons. The summed E-state index contributed by atoms with van der Waals surface area (Å²) in [5, 5.41) is 16.4. The smallest absolute Gasteiger partial charge is 0.322 e. The lowest BCUT2D eigenvalue weighted by atomic mass is 10.2. The van der Waals surface area contributed by atoms with Crippen LogP contribution in [-0.4, -0.2) is 65.7 Å². The summed E-state index contributed by atoms with van der Waals surface area (Å²) in [4.78, 5) is 16.4. The Morgan fingerprint density at radius 2 is 1.96 bits per heavy atom. The number of amides is 2. The number of benzene rings is 1. The van der Waals surface area contributed by atoms with Crippen molar-refractivity contribution in [3.8, 4) is 5.75 Å². The lowest BCUT2D eigenvalue weighted by Crippen LogP contribution is -2.50. The Kier molecular flexibility index (Phi) is 5.39. The second-order valence-corrected chi connectivity index (χ2v) is 5.91. The number of aromatic nitrogens is 2. The molecule has 0 radical (unpaired) electrons. The Morgan fingerprint density at radius 3 is 2.64 bits per heavy atom. The van der Waals surface area contributed by atoms with Crippen molar-refractivity contribution < 1.29 is 14.6 Å². The Bertz CT molecular complexity index is 693. The van der Waals surface area contributed by atoms with Crippen LogP contribution in [0.4, 0.5) is 16.2 Å². The number of ether oxygens (including phenoxy) is 1. The molecule has 2 N–H and O–H groups in total. The van der Waals surface area contributed by atoms with Crippen molar-refractivity contribution in [2.45, 2.75) is 6.54 Å². The molecule has 2 aromatic rings. The van der Waals surface area contributed by atoms with Gasteiger partial charge in [0.25, 0.3) is 0 Å². The third-order valence-corrected chi connectivity index (χ3v) is 4.19. The molecule has 0 aliphatic carbocycles. The molecule has 0 saturated carbocycles. The van der Waals surface area contributed by atoms with Crippen LogP contribution in [0.1, 0.15) is 0 Å². The molecule has 0 unspecified atom stereocenters. The maximum absolute atomic E-state index is 12.4. The van der Waals surface area contributed by atoms with E-state index in [0.29, 0.717) is 31.9 Å². The van der Waals surface area contributed by atoms with Crippen LogP contribution in [0.25, 0.3) is 0 Å². The fourth-order valence-corrected chi connectivity index (χ4v) is 2.77. The van der Waals surface area contributed by atoms with Gasteiger partial charge in [0.1, 0.15) is 5.75 Å². The van der Waals surface area contributed by atoms with Crippen LogP contribution in [0.15, 0.2) is 36.7 Å². The molecule has 0 spiro atoms. The van der Waals surface area contributed by atoms with Gasteiger partial charge in [-0.05, 0) is 24.3 Å². The van der Waals surface area contributed by atoms with Crippen LogP contribution in [0, 0.1) is 0 Å². The highest BCUT2D eigenvalue weighted by Gasteiger charge is 2.21. The van der Waals surface area contributed by atoms with Gasteiger partial charge in [0.15, 0.2) is 0 Å². The van der Waals surface area contributed by atoms with Gasteiger partial charge in [-0.3, -0.25) is 4.68 Å². The number of phenolic OH excluding ortho intramolecular Hbond substituents is 1. The summed E-state index contributed by atoms with van der Waals surface area (Å²) in [5.41, 5.74) is 1.74. The summed E-state index contributed by atoms with van der Waals surface area (Å²) < 4.78 is 6.75. The Hall–Kier alpha value is -2.74. The standard InChI is InChI=1S/C17H23N5O3/c1-25-11-10-22-13-14(12-18-22)19-17(24)21-8-6-20(7-9-21)15-2-4-16(23)5-3-15/h2-5,12-13,23H,6-11H2,1H3,(H,19,24). The van der Waals surface area contributed by atoms with Crippen LogP contribution in [0.2, 0.25) is 0 Å². The molecule has 0 bridgehead atoms. The number of methoxy groups -OCH3 is 1. The summed E-state index contributed by atoms with van der Waals surface area (Å²) >= 11 is 0. The lowest BCUT2D eigenvalue weighted by Gasteiger charge is -2.36. The monoisotopic (exact) mass is 345 g/mol. The minimum absolute atomic E-state index is 0.114. The van der Waals surface area contributed by atoms with Gasteiger partial charge in [-0.25, -0.2) is 4.79 Å². The summed E-state index contributed by atoms with van der Waals surface area (Å²) in [6.45, 7) is 4.03. The maximum Gasteiger partial charge on any atom is 0.322 e. The number of nitrogens with one attached hydrogen (secondary N) is 1. The molecule has 8 heteroatoms. The van der Waals surface area contributed by atoms with Gasteiger partial charge in [-0.15, -0.1) is 0 Å². The molecule has 2 amide bonds. The third kappa shape index (κ3) is 4.42. The topological polar surface area (TPSA) is 82.9 Å². The van der Waals surface area contributed by atoms with E-state index in [2.05, 4.69) is 15.3 Å². The highest BCUT2D eigenvalue weighted by Crippen LogP contribution is 2.20. The highest BCUT2D eigenvalue weighted by molar-refractivity contribution is 5.89. The molecular weight excluding hydrogens is 322 g/mol. The first kappa shape index (κ1) is 17.1. The number of urea groups is 1. The first-order chi connectivity index (χ1) is 12.2. The number of hydrogen-bond acceptors (Lipinski definition) is 5. The Balaban J connectivity index is 1.49. The van der Waals surface area contributed by atoms with Gasteiger partial charge < -0.3 is 25.0 Å². The van der Waals surface area contributed by atoms with Crippen molar-refractivity contribution in [1.29, 1.82) is 0 Å². The van der Waals surface area contributed by atoms with Crippen LogP contribution >= 0.6 is 0 Å². The van der Waals surface area contributed by atoms with Crippen molar-refractivity contribution in [1.82, 2.24) is 14.7 Å². The number of anilines is 2. The lowest BCUT2D eigenvalue weighted by molar-refractivity contribution is 0.183. The first-order valence-corrected chi connectivity index (χ1v) is 8.27. The van der Waals surface area contributed by atoms with E-state index in [1.54, 1.807) is 41.2 Å². The minimum atomic E-state index is -0.114. The average molecular weight is 345 g/mol. The quantitative estimate of drug-likeness (QED) is 0.860. The van der Waals surface area contributed by atoms with E-state index in [1.807, 2.05) is 12.1 Å². The van der Waals surface area contributed by atoms with Crippen molar-refractivity contribution in [3.05, 3.63) is 36.7 Å². The number of nitrogens with zero attached hydrogens (tertiary/aromatic N) is 4. The van der Waals surface area contributed by atoms with Gasteiger partial charge >= 0.3 is 6.03 Å². The minimum Gasteiger partial charge on any atom is -0.508 e. The van der Waals surface area contributed by atoms with Crippen LogP contribution in [0.5, 0.6) is 5.75 Å². The molecule has 1 fully saturated rings. The number of carbonyl (C=O) groups excluding carboxylic acids is 1. The molecule has 8 nitrogen and oxygen atoms in total. The van der Waals surface area contributed by atoms with E-state index in [-0.39, 0.29) is 11.8 Å². The van der Waals surface area contributed by atoms with E-state index in [1.165, 1.54) is 0 Å². The van der Waals surface area contributed by atoms with Gasteiger partial charge in [0.05, 0.1) is 25.0 Å². The van der Waals surface area contributed by atoms with Crippen LogP contribution in [-0.2, 0) is 11.3 Å². The van der Waals surface area contributed by atoms with E-state index in [9.17, 15) is 9.90 Å². The van der Waals surface area contributed by atoms with Gasteiger partial charge in [-0.2, -0.15) is 5.10 Å². The Labute approximate surface area is 146 Å². The molecule has 25 heavy (non-hydrogen) atoms. The van der Waals surface area contributed by atoms with Gasteiger partial charge in [0.2, 0.25) is 0 Å². The van der Waals surface area contributed by atoms with Crippen molar-refractivity contribution >= 4 is 17.4 Å². The number of piperazine rings is 1. The number of rotatable bonds is 5. The largest absolute Gasteiger partial charge is 0.508 e. The molecule has 1 aromatic heterocycles. The summed E-state index contributed by atoms with van der Waals surface area (Å²) in [5.74, 6) is 0.257. The molecule has 3 rings (SSSR count). The molecule has 1 aromatic carbocycles. The third-order valence-electron chi connectivity index (χ3n) is 4.19. The SMILES string of the molecule is COCCn1cc(NC(=O)N2CCN(c3ccc(O)cc3)CC2)cn1. The Morgan fingerprint density at radius 1 is 1.24 bits per heavy atom. The van der Waals surface area contributed by atoms with E-state index in [4.69, 9.17) is 4.74 Å². The first-order valence-electron chi connectivity index (χ1n) is 8.27. The van der Waals surface area contributed by atoms with Crippen LogP contribution < -0.4 is 10.2 Å². The van der Waals surface area contributed by atoms with Crippen molar-refractivity contribution in [2.75, 3.05) is 50.1 Å². The molecular formula is C17H23N5O3. The van der Waals surface area contributed by atoms with Gasteiger partial charge in [-0.1, -0.05) is 0 Å². The molecule has 0 atom stereocenters. The second kappa shape index (κ2) is 7.89. The normalized spacial score (nSPS) is 14.6. The fourth-order valence-electron chi connectivity index (χ4n) is 2.77. The number of aromatic hydroxyl groups is 1. The number of hydrogen-bond donors (Lipinski definition) is 2. The zero-order valence-electron chi connectivity index (χ0n) is 14.3. The number of phenols is 1. The molecule has 1 aliphatic rings. The molecule has 1 saturated heterocycles. The predicted molar refractivity (Wildman–Crippen MR) is 95.0 cm³/mol. The fraction of sp³-hybridized carbons (Fsp3) is 0.412. The number of carbonyl (C=O) groups is 1. The average Bonchev–Trinajstić information content (AvgIpc) is 3.08. The summed E-state index contributed by atoms with van der Waals surface area (Å²) in [7, 11) is 1.64. The van der Waals surface area contributed by atoms with E-state index in [0.717, 1.165) is 18.8 Å². The van der Waals surface area contributed by atoms with E-state index < -0.39 is 0 Å². The van der Waals surface area contributed by atoms with Crippen molar-refractivity contribution in [3.63, 3.8) is 0 Å². The molecule has 1 aliphatic heterocycles. The summed E-state index contributed by atoms with van der Waals surface area (Å²) in [6, 6.07) is 7.01. The molecule has 2 heterocycles. The second-order valence-electron chi connectivity index (χ2n) is 5.91.